The molecule has 166 valence electrons. The lowest BCUT2D eigenvalue weighted by Crippen LogP contribution is -2.30. The van der Waals surface area contributed by atoms with E-state index in [2.05, 4.69) is 15.0 Å². The maximum Gasteiger partial charge on any atom is 0.262 e. The first-order valence-electron chi connectivity index (χ1n) is 10.3. The fourth-order valence-corrected chi connectivity index (χ4v) is 4.19. The molecule has 0 spiro atoms. The predicted molar refractivity (Wildman–Crippen MR) is 119 cm³/mol. The number of amidine groups is 1. The van der Waals surface area contributed by atoms with E-state index in [1.165, 1.54) is 12.1 Å². The van der Waals surface area contributed by atoms with E-state index in [1.54, 1.807) is 36.4 Å². The molecule has 0 unspecified atom stereocenters. The first-order chi connectivity index (χ1) is 15.0. The Morgan fingerprint density at radius 3 is 2.52 bits per heavy atom. The van der Waals surface area contributed by atoms with Crippen LogP contribution in [0.3, 0.4) is 0 Å². The van der Waals surface area contributed by atoms with Crippen molar-refractivity contribution >= 4 is 27.5 Å². The molecule has 0 atom stereocenters. The number of carbonyl (C=O) groups is 1. The molecule has 0 aromatic heterocycles. The molecule has 0 saturated carbocycles. The summed E-state index contributed by atoms with van der Waals surface area (Å²) in [6.45, 7) is 2.89. The summed E-state index contributed by atoms with van der Waals surface area (Å²) in [5.74, 6) is 1.34. The molecule has 8 nitrogen and oxygen atoms in total. The Kier molecular flexibility index (Phi) is 7.88. The van der Waals surface area contributed by atoms with Gasteiger partial charge in [-0.3, -0.25) is 14.5 Å². The average molecular weight is 446 g/mol. The molecule has 0 saturated heterocycles. The van der Waals surface area contributed by atoms with E-state index in [1.807, 2.05) is 6.92 Å². The van der Waals surface area contributed by atoms with Crippen LogP contribution in [0.4, 0.5) is 5.69 Å². The largest absolute Gasteiger partial charge is 0.494 e. The molecule has 1 aliphatic heterocycles. The number of nitrogens with one attached hydrogen (secondary N) is 2. The number of hydrogen-bond donors (Lipinski definition) is 2. The minimum Gasteiger partial charge on any atom is -0.494 e. The van der Waals surface area contributed by atoms with Crippen molar-refractivity contribution in [3.05, 3.63) is 48.5 Å². The van der Waals surface area contributed by atoms with Gasteiger partial charge in [-0.2, -0.15) is 0 Å². The number of nitrogens with zero attached hydrogens (tertiary/aromatic N) is 1. The lowest BCUT2D eigenvalue weighted by molar-refractivity contribution is -0.118. The van der Waals surface area contributed by atoms with Gasteiger partial charge in [-0.05, 0) is 62.2 Å². The monoisotopic (exact) mass is 445 g/mol. The third kappa shape index (κ3) is 6.99. The summed E-state index contributed by atoms with van der Waals surface area (Å²) in [7, 11) is -3.77. The number of anilines is 1. The number of rotatable bonds is 8. The first kappa shape index (κ1) is 22.6. The van der Waals surface area contributed by atoms with Crippen molar-refractivity contribution in [1.82, 2.24) is 4.72 Å². The molecule has 1 amide bonds. The summed E-state index contributed by atoms with van der Waals surface area (Å²) in [4.78, 5) is 16.6. The molecule has 1 heterocycles. The Labute approximate surface area is 182 Å². The number of aliphatic imine (C=N–C) groups is 1. The molecule has 0 bridgehead atoms. The second-order valence-corrected chi connectivity index (χ2v) is 8.70. The van der Waals surface area contributed by atoms with E-state index in [4.69, 9.17) is 9.47 Å². The molecule has 0 radical (unpaired) electrons. The molecule has 3 rings (SSSR count). The Balaban J connectivity index is 1.57. The van der Waals surface area contributed by atoms with Gasteiger partial charge in [0.1, 0.15) is 17.3 Å². The third-order valence-electron chi connectivity index (χ3n) is 4.56. The van der Waals surface area contributed by atoms with Crippen molar-refractivity contribution in [3.8, 4) is 11.5 Å². The summed E-state index contributed by atoms with van der Waals surface area (Å²) in [6, 6.07) is 13.0. The van der Waals surface area contributed by atoms with Crippen LogP contribution in [0.2, 0.25) is 0 Å². The van der Waals surface area contributed by atoms with Crippen LogP contribution in [0.15, 0.2) is 58.4 Å². The highest BCUT2D eigenvalue weighted by Gasteiger charge is 2.18. The van der Waals surface area contributed by atoms with Crippen LogP contribution >= 0.6 is 0 Å². The van der Waals surface area contributed by atoms with Gasteiger partial charge in [0.2, 0.25) is 0 Å². The van der Waals surface area contributed by atoms with Gasteiger partial charge >= 0.3 is 0 Å². The van der Waals surface area contributed by atoms with E-state index in [0.717, 1.165) is 25.0 Å². The van der Waals surface area contributed by atoms with E-state index in [-0.39, 0.29) is 11.5 Å². The zero-order valence-corrected chi connectivity index (χ0v) is 18.3. The van der Waals surface area contributed by atoms with Gasteiger partial charge in [0, 0.05) is 18.7 Å². The van der Waals surface area contributed by atoms with Crippen molar-refractivity contribution in [2.45, 2.75) is 37.5 Å². The van der Waals surface area contributed by atoms with Crippen LogP contribution in [-0.2, 0) is 14.8 Å². The zero-order valence-electron chi connectivity index (χ0n) is 17.5. The molecule has 31 heavy (non-hydrogen) atoms. The lowest BCUT2D eigenvalue weighted by Gasteiger charge is -2.12. The van der Waals surface area contributed by atoms with Gasteiger partial charge in [-0.25, -0.2) is 8.42 Å². The summed E-state index contributed by atoms with van der Waals surface area (Å²) in [5, 5.41) is 2.66. The van der Waals surface area contributed by atoms with E-state index in [0.29, 0.717) is 36.8 Å². The van der Waals surface area contributed by atoms with Crippen molar-refractivity contribution in [2.75, 3.05) is 25.1 Å². The molecule has 2 N–H and O–H groups in total. The van der Waals surface area contributed by atoms with Gasteiger partial charge in [0.15, 0.2) is 6.61 Å². The van der Waals surface area contributed by atoms with E-state index >= 15 is 0 Å². The quantitative estimate of drug-likeness (QED) is 0.648. The number of hydrogen-bond acceptors (Lipinski definition) is 6. The highest BCUT2D eigenvalue weighted by molar-refractivity contribution is 7.90. The SMILES string of the molecule is CCOc1ccc(OCC(=O)Nc2cccc(S(=O)(=O)NC3=NCCCCC3)c2)cc1. The van der Waals surface area contributed by atoms with Crippen LogP contribution in [-0.4, -0.2) is 39.9 Å². The fourth-order valence-electron chi connectivity index (χ4n) is 3.06. The maximum absolute atomic E-state index is 12.7. The smallest absolute Gasteiger partial charge is 0.262 e. The van der Waals surface area contributed by atoms with Crippen LogP contribution < -0.4 is 19.5 Å². The van der Waals surface area contributed by atoms with Crippen LogP contribution in [0.25, 0.3) is 0 Å². The maximum atomic E-state index is 12.7. The number of benzene rings is 2. The molecule has 9 heteroatoms. The highest BCUT2D eigenvalue weighted by Crippen LogP contribution is 2.19. The van der Waals surface area contributed by atoms with Crippen LogP contribution in [0.5, 0.6) is 11.5 Å². The van der Waals surface area contributed by atoms with Crippen molar-refractivity contribution in [3.63, 3.8) is 0 Å². The Morgan fingerprint density at radius 2 is 1.77 bits per heavy atom. The third-order valence-corrected chi connectivity index (χ3v) is 5.94. The second kappa shape index (κ2) is 10.8. The molecule has 1 aliphatic rings. The lowest BCUT2D eigenvalue weighted by atomic mass is 10.2. The molecular formula is C22H27N3O5S. The average Bonchev–Trinajstić information content (AvgIpc) is 3.02. The molecular weight excluding hydrogens is 418 g/mol. The van der Waals surface area contributed by atoms with Gasteiger partial charge in [-0.15, -0.1) is 0 Å². The molecule has 2 aromatic rings. The Bertz CT molecular complexity index is 1020. The van der Waals surface area contributed by atoms with E-state index in [9.17, 15) is 13.2 Å². The van der Waals surface area contributed by atoms with Crippen LogP contribution in [0.1, 0.15) is 32.6 Å². The van der Waals surface area contributed by atoms with Gasteiger partial charge < -0.3 is 14.8 Å². The van der Waals surface area contributed by atoms with Crippen molar-refractivity contribution in [2.24, 2.45) is 4.99 Å². The fraction of sp³-hybridized carbons (Fsp3) is 0.364. The van der Waals surface area contributed by atoms with Gasteiger partial charge in [0.05, 0.1) is 11.5 Å². The van der Waals surface area contributed by atoms with E-state index < -0.39 is 15.9 Å². The van der Waals surface area contributed by atoms with Gasteiger partial charge in [-0.1, -0.05) is 12.5 Å². The predicted octanol–water partition coefficient (Wildman–Crippen LogP) is 3.35. The number of sulfonamides is 1. The zero-order chi connectivity index (χ0) is 22.1. The summed E-state index contributed by atoms with van der Waals surface area (Å²) in [5.41, 5.74) is 0.367. The minimum absolute atomic E-state index is 0.0599. The van der Waals surface area contributed by atoms with Crippen molar-refractivity contribution < 1.29 is 22.7 Å². The van der Waals surface area contributed by atoms with Crippen molar-refractivity contribution in [1.29, 1.82) is 0 Å². The Hall–Kier alpha value is -3.07. The summed E-state index contributed by atoms with van der Waals surface area (Å²) >= 11 is 0. The normalized spacial score (nSPS) is 14.2. The summed E-state index contributed by atoms with van der Waals surface area (Å²) in [6.07, 6.45) is 3.52. The molecule has 0 aliphatic carbocycles. The number of carbonyl (C=O) groups excluding carboxylic acids is 1. The van der Waals surface area contributed by atoms with Gasteiger partial charge in [0.25, 0.3) is 15.9 Å². The Morgan fingerprint density at radius 1 is 1.03 bits per heavy atom. The first-order valence-corrected chi connectivity index (χ1v) is 11.8. The minimum atomic E-state index is -3.77. The van der Waals surface area contributed by atoms with Crippen LogP contribution in [0, 0.1) is 0 Å². The topological polar surface area (TPSA) is 106 Å². The molecule has 2 aromatic carbocycles. The molecule has 0 fully saturated rings. The second-order valence-electron chi connectivity index (χ2n) is 7.01. The standard InChI is InChI=1S/C22H27N3O5S/c1-2-29-18-10-12-19(13-11-18)30-16-22(26)24-17-7-6-8-20(15-17)31(27,28)25-21-9-4-3-5-14-23-21/h6-8,10-13,15H,2-5,9,14,16H2,1H3,(H,23,25)(H,24,26). The highest BCUT2D eigenvalue weighted by atomic mass is 32.2. The number of amides is 1. The summed E-state index contributed by atoms with van der Waals surface area (Å²) < 4.78 is 38.8. The number of ether oxygens (including phenoxy) is 2.